The van der Waals surface area contributed by atoms with E-state index in [0.29, 0.717) is 23.3 Å². The molecule has 2 unspecified atom stereocenters. The van der Waals surface area contributed by atoms with Crippen molar-refractivity contribution in [2.45, 2.75) is 106 Å². The summed E-state index contributed by atoms with van der Waals surface area (Å²) < 4.78 is 11.5. The minimum Gasteiger partial charge on any atom is -0.459 e. The number of hydrogen-bond donors (Lipinski definition) is 0. The molecule has 0 bridgehead atoms. The monoisotopic (exact) mass is 452 g/mol. The third-order valence-corrected chi connectivity index (χ3v) is 5.95. The lowest BCUT2D eigenvalue weighted by Crippen LogP contribution is -2.23. The first-order chi connectivity index (χ1) is 14.6. The van der Waals surface area contributed by atoms with Crippen LogP contribution < -0.4 is 0 Å². The van der Waals surface area contributed by atoms with E-state index in [9.17, 15) is 9.59 Å². The molecule has 0 aromatic heterocycles. The van der Waals surface area contributed by atoms with E-state index >= 15 is 0 Å². The second-order valence-corrected chi connectivity index (χ2v) is 9.56. The Morgan fingerprint density at radius 1 is 0.774 bits per heavy atom. The second kappa shape index (κ2) is 13.8. The van der Waals surface area contributed by atoms with Crippen LogP contribution in [0.3, 0.4) is 0 Å². The van der Waals surface area contributed by atoms with Crippen molar-refractivity contribution in [1.29, 1.82) is 0 Å². The zero-order valence-corrected chi connectivity index (χ0v) is 21.2. The highest BCUT2D eigenvalue weighted by atomic mass is 35.5. The number of aryl methyl sites for hydroxylation is 1. The van der Waals surface area contributed by atoms with E-state index in [0.717, 1.165) is 44.1 Å². The lowest BCUT2D eigenvalue weighted by atomic mass is 10.0. The molecule has 176 valence electrons. The quantitative estimate of drug-likeness (QED) is 0.288. The topological polar surface area (TPSA) is 52.6 Å². The molecule has 31 heavy (non-hydrogen) atoms. The van der Waals surface area contributed by atoms with Crippen molar-refractivity contribution in [3.63, 3.8) is 0 Å². The Bertz CT molecular complexity index is 712. The van der Waals surface area contributed by atoms with Crippen LogP contribution in [-0.4, -0.2) is 24.1 Å². The van der Waals surface area contributed by atoms with Gasteiger partial charge in [-0.3, -0.25) is 0 Å². The Kier molecular flexibility index (Phi) is 12.2. The third kappa shape index (κ3) is 9.22. The smallest absolute Gasteiger partial charge is 0.339 e. The number of esters is 2. The highest BCUT2D eigenvalue weighted by Gasteiger charge is 2.25. The van der Waals surface area contributed by atoms with Crippen molar-refractivity contribution in [2.24, 2.45) is 11.8 Å². The summed E-state index contributed by atoms with van der Waals surface area (Å²) in [7, 11) is 0. The summed E-state index contributed by atoms with van der Waals surface area (Å²) in [5.41, 5.74) is 1.24. The van der Waals surface area contributed by atoms with Crippen molar-refractivity contribution >= 4 is 23.5 Å². The molecular formula is C26H41ClO4. The summed E-state index contributed by atoms with van der Waals surface area (Å²) in [6.45, 7) is 14.6. The van der Waals surface area contributed by atoms with E-state index < -0.39 is 11.9 Å². The highest BCUT2D eigenvalue weighted by molar-refractivity contribution is 6.32. The molecule has 0 saturated carbocycles. The fourth-order valence-electron chi connectivity index (χ4n) is 3.39. The Morgan fingerprint density at radius 3 is 1.55 bits per heavy atom. The van der Waals surface area contributed by atoms with Crippen LogP contribution >= 0.6 is 11.6 Å². The summed E-state index contributed by atoms with van der Waals surface area (Å²) in [6.07, 6.45) is 5.33. The fraction of sp³-hybridized carbons (Fsp3) is 0.692. The average molecular weight is 453 g/mol. The van der Waals surface area contributed by atoms with Gasteiger partial charge in [0.25, 0.3) is 0 Å². The van der Waals surface area contributed by atoms with E-state index in [1.807, 2.05) is 20.8 Å². The van der Waals surface area contributed by atoms with E-state index in [1.54, 1.807) is 12.1 Å². The van der Waals surface area contributed by atoms with Crippen molar-refractivity contribution in [2.75, 3.05) is 0 Å². The number of carbonyl (C=O) groups is 2. The van der Waals surface area contributed by atoms with Crippen molar-refractivity contribution in [1.82, 2.24) is 0 Å². The van der Waals surface area contributed by atoms with Gasteiger partial charge >= 0.3 is 11.9 Å². The molecule has 0 amide bonds. The Labute approximate surface area is 194 Å². The summed E-state index contributed by atoms with van der Waals surface area (Å²) in [5.74, 6) is 0.0808. The van der Waals surface area contributed by atoms with Gasteiger partial charge in [0, 0.05) is 5.02 Å². The molecular weight excluding hydrogens is 412 g/mol. The van der Waals surface area contributed by atoms with Crippen LogP contribution in [0.25, 0.3) is 0 Å². The maximum Gasteiger partial charge on any atom is 0.339 e. The van der Waals surface area contributed by atoms with Gasteiger partial charge in [0.1, 0.15) is 12.2 Å². The van der Waals surface area contributed by atoms with Gasteiger partial charge in [-0.1, -0.05) is 60.1 Å². The second-order valence-electron chi connectivity index (χ2n) is 9.16. The summed E-state index contributed by atoms with van der Waals surface area (Å²) in [6, 6.07) is 3.25. The van der Waals surface area contributed by atoms with Gasteiger partial charge in [-0.2, -0.15) is 0 Å². The molecule has 0 fully saturated rings. The maximum atomic E-state index is 13.1. The predicted octanol–water partition coefficient (Wildman–Crippen LogP) is 7.65. The van der Waals surface area contributed by atoms with Crippen LogP contribution in [0.5, 0.6) is 0 Å². The van der Waals surface area contributed by atoms with E-state index in [-0.39, 0.29) is 23.3 Å². The molecule has 5 heteroatoms. The molecule has 0 heterocycles. The van der Waals surface area contributed by atoms with Crippen molar-refractivity contribution in [3.8, 4) is 0 Å². The molecule has 2 atom stereocenters. The molecule has 0 radical (unpaired) electrons. The highest BCUT2D eigenvalue weighted by Crippen LogP contribution is 2.26. The number of carbonyl (C=O) groups excluding carboxylic acids is 2. The molecule has 0 spiro atoms. The first-order valence-corrected chi connectivity index (χ1v) is 12.2. The van der Waals surface area contributed by atoms with Gasteiger partial charge in [-0.05, 0) is 74.5 Å². The number of hydrogen-bond acceptors (Lipinski definition) is 4. The largest absolute Gasteiger partial charge is 0.459 e. The number of rotatable bonds is 13. The number of benzene rings is 1. The summed E-state index contributed by atoms with van der Waals surface area (Å²) in [4.78, 5) is 26.1. The molecule has 0 aliphatic rings. The molecule has 4 nitrogen and oxygen atoms in total. The first kappa shape index (κ1) is 27.5. The molecule has 1 rings (SSSR count). The van der Waals surface area contributed by atoms with Crippen LogP contribution in [-0.2, 0) is 15.9 Å². The average Bonchev–Trinajstić information content (AvgIpc) is 2.73. The minimum absolute atomic E-state index is 0.172. The van der Waals surface area contributed by atoms with E-state index in [1.165, 1.54) is 0 Å². The van der Waals surface area contributed by atoms with Crippen LogP contribution in [0, 0.1) is 11.8 Å². The molecule has 0 aliphatic carbocycles. The van der Waals surface area contributed by atoms with Gasteiger partial charge in [0.15, 0.2) is 0 Å². The first-order valence-electron chi connectivity index (χ1n) is 11.9. The Balaban J connectivity index is 3.12. The van der Waals surface area contributed by atoms with Crippen LogP contribution in [0.2, 0.25) is 5.02 Å². The predicted molar refractivity (Wildman–Crippen MR) is 128 cm³/mol. The van der Waals surface area contributed by atoms with E-state index in [2.05, 4.69) is 27.7 Å². The van der Waals surface area contributed by atoms with Crippen LogP contribution in [0.4, 0.5) is 0 Å². The van der Waals surface area contributed by atoms with Crippen LogP contribution in [0.15, 0.2) is 12.1 Å². The summed E-state index contributed by atoms with van der Waals surface area (Å²) in [5, 5.41) is 0.466. The lowest BCUT2D eigenvalue weighted by molar-refractivity contribution is 0.0213. The van der Waals surface area contributed by atoms with E-state index in [4.69, 9.17) is 21.1 Å². The van der Waals surface area contributed by atoms with Gasteiger partial charge in [-0.25, -0.2) is 9.59 Å². The van der Waals surface area contributed by atoms with Gasteiger partial charge in [0.2, 0.25) is 0 Å². The zero-order chi connectivity index (χ0) is 23.6. The van der Waals surface area contributed by atoms with Crippen molar-refractivity contribution < 1.29 is 19.1 Å². The summed E-state index contributed by atoms with van der Waals surface area (Å²) >= 11 is 6.38. The lowest BCUT2D eigenvalue weighted by Gasteiger charge is -2.20. The third-order valence-electron chi connectivity index (χ3n) is 5.60. The molecule has 1 aromatic carbocycles. The zero-order valence-electron chi connectivity index (χ0n) is 20.4. The van der Waals surface area contributed by atoms with Gasteiger partial charge < -0.3 is 9.47 Å². The van der Waals surface area contributed by atoms with Gasteiger partial charge in [0.05, 0.1) is 11.1 Å². The Hall–Kier alpha value is -1.55. The molecule has 0 saturated heterocycles. The molecule has 0 N–H and O–H groups in total. The Morgan fingerprint density at radius 2 is 1.19 bits per heavy atom. The number of halogens is 1. The minimum atomic E-state index is -0.512. The maximum absolute atomic E-state index is 13.1. The van der Waals surface area contributed by atoms with Crippen molar-refractivity contribution in [3.05, 3.63) is 33.8 Å². The SMILES string of the molecule is CCc1cc(C(=O)OC(CC)CCC(C)C)c(C(=O)OC(CC)CCC(C)C)cc1Cl. The number of ether oxygens (including phenoxy) is 2. The van der Waals surface area contributed by atoms with Gasteiger partial charge in [-0.15, -0.1) is 0 Å². The fourth-order valence-corrected chi connectivity index (χ4v) is 3.69. The normalized spacial score (nSPS) is 13.4. The standard InChI is InChI=1S/C26H41ClO4/c1-8-19-15-22(25(28)30-20(9-2)13-11-17(4)5)23(16-24(19)27)26(29)31-21(10-3)14-12-18(6)7/h15-18,20-21H,8-14H2,1-7H3. The van der Waals surface area contributed by atoms with Crippen LogP contribution in [0.1, 0.15) is 113 Å². The molecule has 0 aliphatic heterocycles. The molecule has 1 aromatic rings.